The number of nitrogens with zero attached hydrogens (tertiary/aromatic N) is 3. The number of fused-ring (bicyclic) bond motifs is 2. The smallest absolute Gasteiger partial charge is 0.335 e. The van der Waals surface area contributed by atoms with Gasteiger partial charge in [0.25, 0.3) is 11.5 Å². The van der Waals surface area contributed by atoms with Crippen LogP contribution in [0.3, 0.4) is 0 Å². The zero-order valence-corrected chi connectivity index (χ0v) is 16.1. The summed E-state index contributed by atoms with van der Waals surface area (Å²) in [5.41, 5.74) is 1.28. The van der Waals surface area contributed by atoms with Crippen molar-refractivity contribution in [3.05, 3.63) is 79.1 Å². The molecule has 10 heteroatoms. The second-order valence-electron chi connectivity index (χ2n) is 6.80. The van der Waals surface area contributed by atoms with E-state index in [9.17, 15) is 23.9 Å². The molecule has 2 aliphatic rings. The highest BCUT2D eigenvalue weighted by molar-refractivity contribution is 7.07. The van der Waals surface area contributed by atoms with Crippen molar-refractivity contribution in [2.75, 3.05) is 16.9 Å². The average molecular weight is 424 g/mol. The number of aromatic nitrogens is 1. The topological polar surface area (TPSA) is 104 Å². The summed E-state index contributed by atoms with van der Waals surface area (Å²) in [7, 11) is 0. The lowest BCUT2D eigenvalue weighted by molar-refractivity contribution is -0.110. The molecule has 150 valence electrons. The Morgan fingerprint density at radius 3 is 2.83 bits per heavy atom. The van der Waals surface area contributed by atoms with Gasteiger partial charge in [-0.25, -0.2) is 14.2 Å². The SMILES string of the molecule is O=C1Nc2ccc(F)cc2/C1=c1/sc2n(c1=O)CN(c1cccc(C(=O)O)c1)CN=2. The number of hydrogen-bond acceptors (Lipinski definition) is 6. The summed E-state index contributed by atoms with van der Waals surface area (Å²) in [6.45, 7) is 0.386. The molecule has 2 aromatic carbocycles. The van der Waals surface area contributed by atoms with Gasteiger partial charge >= 0.3 is 5.97 Å². The summed E-state index contributed by atoms with van der Waals surface area (Å²) in [5, 5.41) is 11.8. The van der Waals surface area contributed by atoms with E-state index >= 15 is 0 Å². The fraction of sp³-hybridized carbons (Fsp3) is 0.100. The molecule has 0 atom stereocenters. The van der Waals surface area contributed by atoms with E-state index in [-0.39, 0.29) is 29.0 Å². The molecule has 1 amide bonds. The summed E-state index contributed by atoms with van der Waals surface area (Å²) in [5.74, 6) is -2.01. The zero-order chi connectivity index (χ0) is 21.0. The number of nitrogens with one attached hydrogen (secondary N) is 1. The Balaban J connectivity index is 1.62. The molecule has 2 N–H and O–H groups in total. The van der Waals surface area contributed by atoms with Crippen molar-refractivity contribution < 1.29 is 19.1 Å². The van der Waals surface area contributed by atoms with E-state index in [4.69, 9.17) is 0 Å². The second-order valence-corrected chi connectivity index (χ2v) is 7.78. The Labute approximate surface area is 171 Å². The van der Waals surface area contributed by atoms with Gasteiger partial charge in [0.2, 0.25) is 0 Å². The van der Waals surface area contributed by atoms with Crippen LogP contribution in [0.4, 0.5) is 15.8 Å². The van der Waals surface area contributed by atoms with Crippen LogP contribution in [0.2, 0.25) is 0 Å². The molecule has 0 aliphatic carbocycles. The van der Waals surface area contributed by atoms with Gasteiger partial charge in [0.15, 0.2) is 4.80 Å². The number of benzene rings is 2. The number of anilines is 2. The van der Waals surface area contributed by atoms with Crippen molar-refractivity contribution in [3.63, 3.8) is 0 Å². The minimum atomic E-state index is -1.05. The van der Waals surface area contributed by atoms with Crippen LogP contribution in [0.1, 0.15) is 15.9 Å². The summed E-state index contributed by atoms with van der Waals surface area (Å²) < 4.78 is 15.4. The van der Waals surface area contributed by atoms with E-state index in [0.717, 1.165) is 11.3 Å². The van der Waals surface area contributed by atoms with Crippen molar-refractivity contribution >= 4 is 40.2 Å². The molecule has 0 saturated carbocycles. The molecule has 2 aliphatic heterocycles. The molecule has 0 spiro atoms. The first-order valence-corrected chi connectivity index (χ1v) is 9.72. The van der Waals surface area contributed by atoms with Gasteiger partial charge in [-0.1, -0.05) is 17.4 Å². The van der Waals surface area contributed by atoms with Crippen LogP contribution in [0.15, 0.2) is 52.3 Å². The first-order chi connectivity index (χ1) is 14.4. The van der Waals surface area contributed by atoms with E-state index in [1.165, 1.54) is 34.9 Å². The molecule has 0 bridgehead atoms. The van der Waals surface area contributed by atoms with Crippen LogP contribution in [-0.4, -0.2) is 28.2 Å². The van der Waals surface area contributed by atoms with Crippen LogP contribution in [0, 0.1) is 5.82 Å². The van der Waals surface area contributed by atoms with Crippen molar-refractivity contribution in [2.45, 2.75) is 6.67 Å². The third-order valence-corrected chi connectivity index (χ3v) is 6.08. The number of hydrogen-bond donors (Lipinski definition) is 2. The lowest BCUT2D eigenvalue weighted by Gasteiger charge is -2.25. The lowest BCUT2D eigenvalue weighted by atomic mass is 10.1. The second kappa shape index (κ2) is 6.63. The minimum Gasteiger partial charge on any atom is -0.478 e. The largest absolute Gasteiger partial charge is 0.478 e. The molecule has 30 heavy (non-hydrogen) atoms. The molecule has 3 heterocycles. The monoisotopic (exact) mass is 424 g/mol. The van der Waals surface area contributed by atoms with Gasteiger partial charge in [-0.3, -0.25) is 14.2 Å². The number of aromatic carboxylic acids is 1. The number of amides is 1. The molecular weight excluding hydrogens is 411 g/mol. The molecule has 8 nitrogen and oxygen atoms in total. The van der Waals surface area contributed by atoms with Crippen molar-refractivity contribution in [2.24, 2.45) is 4.99 Å². The maximum Gasteiger partial charge on any atom is 0.335 e. The molecule has 3 aromatic rings. The van der Waals surface area contributed by atoms with Gasteiger partial charge in [0.05, 0.1) is 11.1 Å². The quantitative estimate of drug-likeness (QED) is 0.638. The normalized spacial score (nSPS) is 16.6. The van der Waals surface area contributed by atoms with Crippen molar-refractivity contribution in [1.29, 1.82) is 0 Å². The zero-order valence-electron chi connectivity index (χ0n) is 15.3. The van der Waals surface area contributed by atoms with Gasteiger partial charge in [-0.15, -0.1) is 0 Å². The number of carboxylic acid groups (broad SMARTS) is 1. The third-order valence-electron chi connectivity index (χ3n) is 4.96. The first-order valence-electron chi connectivity index (χ1n) is 8.90. The van der Waals surface area contributed by atoms with Crippen molar-refractivity contribution in [3.8, 4) is 0 Å². The number of carbonyl (C=O) groups excluding carboxylic acids is 1. The number of halogens is 1. The first kappa shape index (κ1) is 18.3. The highest BCUT2D eigenvalue weighted by Crippen LogP contribution is 2.30. The van der Waals surface area contributed by atoms with Gasteiger partial charge in [0, 0.05) is 16.9 Å². The predicted molar refractivity (Wildman–Crippen MR) is 108 cm³/mol. The average Bonchev–Trinajstić information content (AvgIpc) is 3.23. The molecule has 0 fully saturated rings. The number of thiazole rings is 1. The summed E-state index contributed by atoms with van der Waals surface area (Å²) >= 11 is 1.08. The maximum absolute atomic E-state index is 13.7. The van der Waals surface area contributed by atoms with Crippen LogP contribution in [0.25, 0.3) is 5.57 Å². The van der Waals surface area contributed by atoms with Crippen LogP contribution in [0.5, 0.6) is 0 Å². The number of carbonyl (C=O) groups is 2. The number of carboxylic acids is 1. The summed E-state index contributed by atoms with van der Waals surface area (Å²) in [4.78, 5) is 43.4. The van der Waals surface area contributed by atoms with E-state index < -0.39 is 23.3 Å². The van der Waals surface area contributed by atoms with Gasteiger partial charge < -0.3 is 15.3 Å². The fourth-order valence-corrected chi connectivity index (χ4v) is 4.58. The summed E-state index contributed by atoms with van der Waals surface area (Å²) in [6.07, 6.45) is 0. The predicted octanol–water partition coefficient (Wildman–Crippen LogP) is 0.953. The van der Waals surface area contributed by atoms with E-state index in [0.29, 0.717) is 21.7 Å². The molecule has 0 radical (unpaired) electrons. The fourth-order valence-electron chi connectivity index (χ4n) is 3.52. The Hall–Kier alpha value is -3.79. The standard InChI is InChI=1S/C20H13FN4O4S/c21-11-4-5-14-13(7-11)15(17(26)23-14)16-18(27)25-9-24(8-22-20(25)30-16)12-3-1-2-10(6-12)19(28)29/h1-7H,8-9H2,(H,23,26)(H,28,29)/b16-15-. The van der Waals surface area contributed by atoms with Crippen molar-refractivity contribution in [1.82, 2.24) is 4.57 Å². The lowest BCUT2D eigenvalue weighted by Crippen LogP contribution is -2.43. The van der Waals surface area contributed by atoms with Gasteiger partial charge in [0.1, 0.15) is 23.7 Å². The summed E-state index contributed by atoms with van der Waals surface area (Å²) in [6, 6.07) is 10.3. The molecule has 5 rings (SSSR count). The highest BCUT2D eigenvalue weighted by Gasteiger charge is 2.28. The van der Waals surface area contributed by atoms with E-state index in [2.05, 4.69) is 10.3 Å². The molecule has 1 aromatic heterocycles. The molecule has 0 unspecified atom stereocenters. The Morgan fingerprint density at radius 1 is 1.20 bits per heavy atom. The molecular formula is C20H13FN4O4S. The maximum atomic E-state index is 13.7. The Kier molecular flexibility index (Phi) is 4.03. The van der Waals surface area contributed by atoms with E-state index in [1.807, 2.05) is 0 Å². The van der Waals surface area contributed by atoms with Crippen LogP contribution < -0.4 is 25.1 Å². The van der Waals surface area contributed by atoms with Gasteiger partial charge in [-0.2, -0.15) is 0 Å². The van der Waals surface area contributed by atoms with Crippen LogP contribution >= 0.6 is 11.3 Å². The van der Waals surface area contributed by atoms with Gasteiger partial charge in [-0.05, 0) is 36.4 Å². The Bertz CT molecular complexity index is 1430. The molecule has 0 saturated heterocycles. The highest BCUT2D eigenvalue weighted by atomic mass is 32.1. The third kappa shape index (κ3) is 2.80. The Morgan fingerprint density at radius 2 is 2.03 bits per heavy atom. The van der Waals surface area contributed by atoms with E-state index in [1.54, 1.807) is 17.0 Å². The van der Waals surface area contributed by atoms with Crippen LogP contribution in [-0.2, 0) is 11.5 Å². The number of rotatable bonds is 2. The minimum absolute atomic E-state index is 0.133.